The summed E-state index contributed by atoms with van der Waals surface area (Å²) in [4.78, 5) is 10.4. The minimum atomic E-state index is -0.970. The van der Waals surface area contributed by atoms with Crippen molar-refractivity contribution < 1.29 is 14.6 Å². The number of rotatable bonds is 3. The van der Waals surface area contributed by atoms with Crippen molar-refractivity contribution in [3.05, 3.63) is 42.5 Å². The maximum atomic E-state index is 10.4. The van der Waals surface area contributed by atoms with Crippen molar-refractivity contribution in [2.24, 2.45) is 0 Å². The van der Waals surface area contributed by atoms with Crippen LogP contribution in [0.5, 0.6) is 5.75 Å². The third-order valence-corrected chi connectivity index (χ3v) is 2.10. The normalized spacial score (nSPS) is 9.50. The van der Waals surface area contributed by atoms with Gasteiger partial charge in [-0.1, -0.05) is 36.4 Å². The molecule has 4 heteroatoms. The number of carboxylic acid groups (broad SMARTS) is 1. The van der Waals surface area contributed by atoms with Gasteiger partial charge in [-0.2, -0.15) is 0 Å². The van der Waals surface area contributed by atoms with Gasteiger partial charge in [0, 0.05) is 5.39 Å². The number of carbonyl (C=O) groups is 1. The number of benzene rings is 2. The van der Waals surface area contributed by atoms with Crippen LogP contribution in [0.15, 0.2) is 42.5 Å². The summed E-state index contributed by atoms with van der Waals surface area (Å²) in [7, 11) is 0. The van der Waals surface area contributed by atoms with Crippen molar-refractivity contribution >= 4 is 46.3 Å². The van der Waals surface area contributed by atoms with Gasteiger partial charge in [0.05, 0.1) is 0 Å². The number of fused-ring (bicyclic) bond motifs is 1. The third kappa shape index (κ3) is 2.98. The van der Waals surface area contributed by atoms with Gasteiger partial charge in [-0.3, -0.25) is 0 Å². The van der Waals surface area contributed by atoms with Gasteiger partial charge in [-0.25, -0.2) is 4.79 Å². The van der Waals surface area contributed by atoms with Gasteiger partial charge in [0.2, 0.25) is 0 Å². The molecule has 0 bridgehead atoms. The fourth-order valence-electron chi connectivity index (χ4n) is 1.46. The van der Waals surface area contributed by atoms with Gasteiger partial charge in [-0.15, -0.1) is 0 Å². The molecule has 0 saturated carbocycles. The second kappa shape index (κ2) is 5.89. The van der Waals surface area contributed by atoms with Gasteiger partial charge < -0.3 is 9.84 Å². The molecule has 0 saturated heterocycles. The van der Waals surface area contributed by atoms with Crippen LogP contribution < -0.4 is 4.74 Å². The van der Waals surface area contributed by atoms with Crippen molar-refractivity contribution in [3.8, 4) is 5.75 Å². The van der Waals surface area contributed by atoms with Crippen LogP contribution in [0.1, 0.15) is 0 Å². The molecular weight excluding hydrogens is 215 g/mol. The first-order chi connectivity index (χ1) is 7.27. The average Bonchev–Trinajstić information content (AvgIpc) is 2.26. The van der Waals surface area contributed by atoms with Gasteiger partial charge in [-0.05, 0) is 11.5 Å². The minimum absolute atomic E-state index is 0. The maximum absolute atomic E-state index is 10.4. The monoisotopic (exact) mass is 226 g/mol. The molecule has 0 aliphatic rings. The quantitative estimate of drug-likeness (QED) is 0.809. The van der Waals surface area contributed by atoms with Crippen molar-refractivity contribution in [2.45, 2.75) is 0 Å². The summed E-state index contributed by atoms with van der Waals surface area (Å²) in [5.74, 6) is -0.363. The number of hydrogen-bond acceptors (Lipinski definition) is 2. The van der Waals surface area contributed by atoms with Crippen molar-refractivity contribution in [2.75, 3.05) is 6.61 Å². The fourth-order valence-corrected chi connectivity index (χ4v) is 1.46. The molecule has 16 heavy (non-hydrogen) atoms. The van der Waals surface area contributed by atoms with E-state index in [1.807, 2.05) is 36.4 Å². The average molecular weight is 226 g/mol. The van der Waals surface area contributed by atoms with Crippen molar-refractivity contribution in [1.29, 1.82) is 0 Å². The van der Waals surface area contributed by atoms with E-state index in [4.69, 9.17) is 9.84 Å². The Morgan fingerprint density at radius 2 is 1.81 bits per heavy atom. The molecule has 0 unspecified atom stereocenters. The zero-order chi connectivity index (χ0) is 10.7. The molecular formula is C12H11NaO3. The molecule has 0 radical (unpaired) electrons. The molecule has 0 aliphatic heterocycles. The Morgan fingerprint density at radius 1 is 1.12 bits per heavy atom. The summed E-state index contributed by atoms with van der Waals surface area (Å²) in [6.45, 7) is -0.312. The molecule has 1 N–H and O–H groups in total. The SMILES string of the molecule is O=C(O)COc1cccc2ccccc12.[NaH]. The van der Waals surface area contributed by atoms with Gasteiger partial charge in [0.25, 0.3) is 0 Å². The molecule has 0 aromatic heterocycles. The van der Waals surface area contributed by atoms with Gasteiger partial charge in [0.15, 0.2) is 6.61 Å². The Morgan fingerprint density at radius 3 is 2.56 bits per heavy atom. The van der Waals surface area contributed by atoms with Gasteiger partial charge >= 0.3 is 35.5 Å². The third-order valence-electron chi connectivity index (χ3n) is 2.10. The topological polar surface area (TPSA) is 46.5 Å². The summed E-state index contributed by atoms with van der Waals surface area (Å²) < 4.78 is 5.18. The first-order valence-corrected chi connectivity index (χ1v) is 4.60. The van der Waals surface area contributed by atoms with E-state index < -0.39 is 5.97 Å². The van der Waals surface area contributed by atoms with E-state index in [1.165, 1.54) is 0 Å². The molecule has 3 nitrogen and oxygen atoms in total. The Labute approximate surface area is 115 Å². The van der Waals surface area contributed by atoms with Crippen LogP contribution in [0.4, 0.5) is 0 Å². The van der Waals surface area contributed by atoms with Crippen LogP contribution in [0.3, 0.4) is 0 Å². The first kappa shape index (κ1) is 13.0. The predicted octanol–water partition coefficient (Wildman–Crippen LogP) is 1.65. The zero-order valence-corrected chi connectivity index (χ0v) is 8.01. The van der Waals surface area contributed by atoms with E-state index >= 15 is 0 Å². The Hall–Kier alpha value is -1.03. The summed E-state index contributed by atoms with van der Waals surface area (Å²) in [5.41, 5.74) is 0. The summed E-state index contributed by atoms with van der Waals surface area (Å²) in [5, 5.41) is 10.5. The second-order valence-corrected chi connectivity index (χ2v) is 3.16. The number of aliphatic carboxylic acids is 1. The van der Waals surface area contributed by atoms with E-state index in [9.17, 15) is 4.79 Å². The second-order valence-electron chi connectivity index (χ2n) is 3.16. The summed E-state index contributed by atoms with van der Waals surface area (Å²) >= 11 is 0. The van der Waals surface area contributed by atoms with Crippen LogP contribution in [-0.4, -0.2) is 47.2 Å². The molecule has 0 aliphatic carbocycles. The van der Waals surface area contributed by atoms with Crippen molar-refractivity contribution in [1.82, 2.24) is 0 Å². The standard InChI is InChI=1S/C12H10O3.Na.H/c13-12(14)8-15-11-7-3-5-9-4-1-2-6-10(9)11;;/h1-7H,8H2,(H,13,14);;. The molecule has 0 amide bonds. The molecule has 0 heterocycles. The Balaban J connectivity index is 0.00000128. The van der Waals surface area contributed by atoms with Crippen LogP contribution in [0.25, 0.3) is 10.8 Å². The Kier molecular flexibility index (Phi) is 4.80. The molecule has 0 spiro atoms. The number of ether oxygens (including phenoxy) is 1. The van der Waals surface area contributed by atoms with Crippen LogP contribution in [0.2, 0.25) is 0 Å². The molecule has 0 atom stereocenters. The van der Waals surface area contributed by atoms with Gasteiger partial charge in [0.1, 0.15) is 5.75 Å². The fraction of sp³-hybridized carbons (Fsp3) is 0.0833. The predicted molar refractivity (Wildman–Crippen MR) is 64.2 cm³/mol. The zero-order valence-electron chi connectivity index (χ0n) is 8.01. The molecule has 0 fully saturated rings. The Bertz CT molecular complexity index is 491. The van der Waals surface area contributed by atoms with Crippen LogP contribution in [0, 0.1) is 0 Å². The molecule has 2 aromatic rings. The summed E-state index contributed by atoms with van der Waals surface area (Å²) in [6.07, 6.45) is 0. The number of carboxylic acids is 1. The van der Waals surface area contributed by atoms with Crippen LogP contribution in [-0.2, 0) is 4.79 Å². The summed E-state index contributed by atoms with van der Waals surface area (Å²) in [6, 6.07) is 13.3. The van der Waals surface area contributed by atoms with E-state index in [0.717, 1.165) is 10.8 Å². The van der Waals surface area contributed by atoms with Crippen molar-refractivity contribution in [3.63, 3.8) is 0 Å². The molecule has 2 rings (SSSR count). The van der Waals surface area contributed by atoms with E-state index in [0.29, 0.717) is 5.75 Å². The van der Waals surface area contributed by atoms with E-state index in [2.05, 4.69) is 0 Å². The molecule has 2 aromatic carbocycles. The molecule has 78 valence electrons. The number of hydrogen-bond donors (Lipinski definition) is 1. The van der Waals surface area contributed by atoms with Crippen LogP contribution >= 0.6 is 0 Å². The van der Waals surface area contributed by atoms with E-state index in [-0.39, 0.29) is 36.2 Å². The van der Waals surface area contributed by atoms with E-state index in [1.54, 1.807) is 6.07 Å². The first-order valence-electron chi connectivity index (χ1n) is 4.60.